The Hall–Kier alpha value is 1.08. The number of hydrogen-bond acceptors (Lipinski definition) is 1. The van der Waals surface area contributed by atoms with Crippen molar-refractivity contribution in [3.63, 3.8) is 0 Å². The minimum atomic E-state index is 0.626. The van der Waals surface area contributed by atoms with Crippen LogP contribution in [0.4, 0.5) is 0 Å². The number of halogens is 1. The summed E-state index contributed by atoms with van der Waals surface area (Å²) in [5.74, 6) is 0. The molecule has 0 heterocycles. The fourth-order valence-corrected chi connectivity index (χ4v) is 3.78. The van der Waals surface area contributed by atoms with Crippen molar-refractivity contribution in [2.24, 2.45) is 5.41 Å². The molecular weight excluding hydrogens is 255 g/mol. The third-order valence-corrected chi connectivity index (χ3v) is 5.10. The molecule has 0 bridgehead atoms. The molecule has 1 atom stereocenters. The predicted molar refractivity (Wildman–Crippen MR) is 57.6 cm³/mol. The molecule has 0 aromatic heterocycles. The van der Waals surface area contributed by atoms with E-state index in [1.165, 1.54) is 25.7 Å². The normalized spacial score (nSPS) is 32.1. The van der Waals surface area contributed by atoms with Crippen LogP contribution < -0.4 is 0 Å². The second-order valence-electron chi connectivity index (χ2n) is 3.97. The molecule has 10 heavy (non-hydrogen) atoms. The fraction of sp³-hybridized carbons (Fsp3) is 1.00. The van der Waals surface area contributed by atoms with Gasteiger partial charge < -0.3 is 0 Å². The van der Waals surface area contributed by atoms with Crippen LogP contribution in [-0.2, 0) is 0 Å². The molecule has 0 spiro atoms. The van der Waals surface area contributed by atoms with Crippen molar-refractivity contribution in [2.45, 2.75) is 44.8 Å². The van der Waals surface area contributed by atoms with Gasteiger partial charge in [-0.2, -0.15) is 0 Å². The van der Waals surface area contributed by atoms with E-state index in [2.05, 4.69) is 35.1 Å². The van der Waals surface area contributed by atoms with Crippen LogP contribution >= 0.6 is 30.1 Å². The Bertz CT molecular complexity index is 112. The Balaban J connectivity index is 2.40. The van der Waals surface area contributed by atoms with Crippen LogP contribution in [-0.4, -0.2) is 5.25 Å². The summed E-state index contributed by atoms with van der Waals surface area (Å²) in [5.41, 5.74) is 0.626. The summed E-state index contributed by atoms with van der Waals surface area (Å²) in [6, 6.07) is 0. The maximum absolute atomic E-state index is 2.44. The molecule has 1 unspecified atom stereocenters. The van der Waals surface area contributed by atoms with E-state index in [-0.39, 0.29) is 0 Å². The largest absolute Gasteiger partial charge is 0.0859 e. The highest BCUT2D eigenvalue weighted by atomic mass is 127. The second kappa shape index (κ2) is 3.65. The Morgan fingerprint density at radius 1 is 1.50 bits per heavy atom. The molecule has 0 aromatic carbocycles. The van der Waals surface area contributed by atoms with E-state index in [1.54, 1.807) is 0 Å². The number of rotatable bonds is 1. The molecule has 1 aliphatic carbocycles. The summed E-state index contributed by atoms with van der Waals surface area (Å²) in [6.07, 6.45) is 5.73. The van der Waals surface area contributed by atoms with Gasteiger partial charge in [-0.1, -0.05) is 29.2 Å². The summed E-state index contributed by atoms with van der Waals surface area (Å²) in [6.45, 7) is 4.79. The molecule has 0 saturated heterocycles. The van der Waals surface area contributed by atoms with Gasteiger partial charge in [0, 0.05) is 5.25 Å². The first-order chi connectivity index (χ1) is 4.64. The Morgan fingerprint density at radius 3 is 2.60 bits per heavy atom. The van der Waals surface area contributed by atoms with Crippen molar-refractivity contribution >= 4 is 30.1 Å². The van der Waals surface area contributed by atoms with Crippen molar-refractivity contribution in [3.8, 4) is 0 Å². The van der Waals surface area contributed by atoms with Crippen molar-refractivity contribution < 1.29 is 0 Å². The summed E-state index contributed by atoms with van der Waals surface area (Å²) in [7, 11) is 2.02. The topological polar surface area (TPSA) is 0 Å². The first kappa shape index (κ1) is 9.17. The van der Waals surface area contributed by atoms with Gasteiger partial charge in [0.15, 0.2) is 0 Å². The first-order valence-electron chi connectivity index (χ1n) is 3.91. The molecule has 0 nitrogen and oxygen atoms in total. The van der Waals surface area contributed by atoms with Crippen molar-refractivity contribution in [1.82, 2.24) is 0 Å². The van der Waals surface area contributed by atoms with E-state index < -0.39 is 0 Å². The molecule has 0 radical (unpaired) electrons. The molecule has 1 fully saturated rings. The van der Waals surface area contributed by atoms with Crippen LogP contribution in [0.5, 0.6) is 0 Å². The average Bonchev–Trinajstić information content (AvgIpc) is 1.86. The molecule has 0 aliphatic heterocycles. The van der Waals surface area contributed by atoms with E-state index in [4.69, 9.17) is 0 Å². The predicted octanol–water partition coefficient (Wildman–Crippen LogP) is 4.04. The minimum Gasteiger partial charge on any atom is -0.0859 e. The van der Waals surface area contributed by atoms with Gasteiger partial charge in [-0.15, -0.1) is 0 Å². The van der Waals surface area contributed by atoms with Crippen LogP contribution in [0.25, 0.3) is 0 Å². The zero-order chi connectivity index (χ0) is 7.61. The van der Waals surface area contributed by atoms with E-state index in [0.717, 1.165) is 5.25 Å². The fourth-order valence-electron chi connectivity index (χ4n) is 1.70. The third-order valence-electron chi connectivity index (χ3n) is 2.29. The summed E-state index contributed by atoms with van der Waals surface area (Å²) in [4.78, 5) is 0. The highest BCUT2D eigenvalue weighted by Gasteiger charge is 2.27. The average molecular weight is 270 g/mol. The monoisotopic (exact) mass is 270 g/mol. The van der Waals surface area contributed by atoms with Gasteiger partial charge in [-0.05, 0) is 45.9 Å². The zero-order valence-corrected chi connectivity index (χ0v) is 9.67. The Morgan fingerprint density at radius 2 is 2.20 bits per heavy atom. The van der Waals surface area contributed by atoms with Gasteiger partial charge in [0.05, 0.1) is 0 Å². The lowest BCUT2D eigenvalue weighted by Crippen LogP contribution is -2.23. The van der Waals surface area contributed by atoms with E-state index in [1.807, 2.05) is 8.93 Å². The lowest BCUT2D eigenvalue weighted by atomic mass is 9.77. The second-order valence-corrected chi connectivity index (χ2v) is 6.34. The maximum atomic E-state index is 2.44. The molecule has 60 valence electrons. The molecule has 0 amide bonds. The molecule has 0 aromatic rings. The van der Waals surface area contributed by atoms with Gasteiger partial charge in [0.1, 0.15) is 0 Å². The minimum absolute atomic E-state index is 0.626. The highest BCUT2D eigenvalue weighted by Crippen LogP contribution is 2.41. The lowest BCUT2D eigenvalue weighted by molar-refractivity contribution is 0.251. The van der Waals surface area contributed by atoms with Gasteiger partial charge in [0.2, 0.25) is 0 Å². The number of hydrogen-bond donors (Lipinski definition) is 0. The van der Waals surface area contributed by atoms with Crippen LogP contribution in [0.3, 0.4) is 0 Å². The van der Waals surface area contributed by atoms with Crippen LogP contribution in [0.2, 0.25) is 0 Å². The lowest BCUT2D eigenvalue weighted by Gasteiger charge is -2.33. The summed E-state index contributed by atoms with van der Waals surface area (Å²) in [5, 5.41) is 0.935. The molecular formula is C8H15IS. The molecule has 1 aliphatic rings. The van der Waals surface area contributed by atoms with Gasteiger partial charge in [-0.25, -0.2) is 0 Å². The smallest absolute Gasteiger partial charge is 0.0153 e. The molecule has 1 saturated carbocycles. The van der Waals surface area contributed by atoms with Gasteiger partial charge in [0.25, 0.3) is 0 Å². The SMILES string of the molecule is CC1(C)CCCC(SI)C1. The van der Waals surface area contributed by atoms with E-state index >= 15 is 0 Å². The third kappa shape index (κ3) is 2.61. The van der Waals surface area contributed by atoms with Crippen molar-refractivity contribution in [1.29, 1.82) is 0 Å². The van der Waals surface area contributed by atoms with Crippen LogP contribution in [0.15, 0.2) is 0 Å². The Kier molecular flexibility index (Phi) is 3.35. The highest BCUT2D eigenvalue weighted by molar-refractivity contribution is 14.2. The summed E-state index contributed by atoms with van der Waals surface area (Å²) < 4.78 is 0. The standard InChI is InChI=1S/C8H15IS/c1-8(2)5-3-4-7(6-8)10-9/h7H,3-6H2,1-2H3. The van der Waals surface area contributed by atoms with E-state index in [9.17, 15) is 0 Å². The quantitative estimate of drug-likeness (QED) is 0.648. The zero-order valence-electron chi connectivity index (χ0n) is 6.69. The van der Waals surface area contributed by atoms with Crippen LogP contribution in [0, 0.1) is 5.41 Å². The molecule has 0 N–H and O–H groups in total. The van der Waals surface area contributed by atoms with E-state index in [0.29, 0.717) is 5.41 Å². The molecule has 1 rings (SSSR count). The maximum Gasteiger partial charge on any atom is 0.0153 e. The first-order valence-corrected chi connectivity index (χ1v) is 7.34. The Labute approximate surface area is 80.1 Å². The van der Waals surface area contributed by atoms with Crippen molar-refractivity contribution in [3.05, 3.63) is 0 Å². The summed E-state index contributed by atoms with van der Waals surface area (Å²) >= 11 is 2.44. The van der Waals surface area contributed by atoms with Gasteiger partial charge in [-0.3, -0.25) is 0 Å². The van der Waals surface area contributed by atoms with Crippen molar-refractivity contribution in [2.75, 3.05) is 0 Å². The van der Waals surface area contributed by atoms with Crippen LogP contribution in [0.1, 0.15) is 39.5 Å². The van der Waals surface area contributed by atoms with Gasteiger partial charge >= 0.3 is 0 Å². The molecule has 2 heteroatoms.